The molecule has 1 aliphatic rings. The molecule has 1 unspecified atom stereocenters. The van der Waals surface area contributed by atoms with Crippen LogP contribution in [-0.2, 0) is 6.18 Å². The van der Waals surface area contributed by atoms with Crippen molar-refractivity contribution in [3.63, 3.8) is 0 Å². The van der Waals surface area contributed by atoms with Crippen LogP contribution in [0.25, 0.3) is 11.1 Å². The van der Waals surface area contributed by atoms with Crippen LogP contribution in [0.3, 0.4) is 0 Å². The molecule has 0 spiro atoms. The van der Waals surface area contributed by atoms with Crippen LogP contribution in [-0.4, -0.2) is 11.6 Å². The lowest BCUT2D eigenvalue weighted by atomic mass is 9.98. The molecule has 0 fully saturated rings. The first-order valence-corrected chi connectivity index (χ1v) is 6.52. The highest BCUT2D eigenvalue weighted by atomic mass is 19.4. The number of pyridine rings is 1. The van der Waals surface area contributed by atoms with Gasteiger partial charge in [-0.05, 0) is 23.8 Å². The fourth-order valence-electron chi connectivity index (χ4n) is 2.40. The molecule has 0 amide bonds. The van der Waals surface area contributed by atoms with Gasteiger partial charge in [0, 0.05) is 18.2 Å². The first-order valence-electron chi connectivity index (χ1n) is 6.52. The highest BCUT2D eigenvalue weighted by Gasteiger charge is 2.31. The van der Waals surface area contributed by atoms with Crippen molar-refractivity contribution < 1.29 is 17.9 Å². The first kappa shape index (κ1) is 13.9. The molecule has 0 saturated heterocycles. The standard InChI is InChI=1S/C15H13F3N2O/c16-15(17,18)10-3-1-2-9(8-10)11-4-6-20-13-12(19)5-7-21-14(11)13/h1-4,6,8,12H,5,7,19H2. The van der Waals surface area contributed by atoms with Gasteiger partial charge in [-0.2, -0.15) is 13.2 Å². The number of nitrogens with two attached hydrogens (primary N) is 1. The zero-order valence-corrected chi connectivity index (χ0v) is 11.0. The summed E-state index contributed by atoms with van der Waals surface area (Å²) in [6.07, 6.45) is -2.19. The second-order valence-corrected chi connectivity index (χ2v) is 4.90. The first-order chi connectivity index (χ1) is 9.97. The SMILES string of the molecule is NC1CCOc2c(-c3cccc(C(F)(F)F)c3)ccnc21. The van der Waals surface area contributed by atoms with E-state index in [4.69, 9.17) is 10.5 Å². The van der Waals surface area contributed by atoms with E-state index in [0.717, 1.165) is 12.1 Å². The van der Waals surface area contributed by atoms with Crippen LogP contribution >= 0.6 is 0 Å². The third-order valence-corrected chi connectivity index (χ3v) is 3.46. The topological polar surface area (TPSA) is 48.1 Å². The Labute approximate surface area is 119 Å². The second kappa shape index (κ2) is 5.04. The van der Waals surface area contributed by atoms with Gasteiger partial charge in [-0.15, -0.1) is 0 Å². The number of fused-ring (bicyclic) bond motifs is 1. The number of benzene rings is 1. The van der Waals surface area contributed by atoms with Gasteiger partial charge in [0.2, 0.25) is 0 Å². The average Bonchev–Trinajstić information content (AvgIpc) is 2.46. The van der Waals surface area contributed by atoms with E-state index in [2.05, 4.69) is 4.98 Å². The van der Waals surface area contributed by atoms with Crippen LogP contribution in [0, 0.1) is 0 Å². The fraction of sp³-hybridized carbons (Fsp3) is 0.267. The molecule has 0 bridgehead atoms. The lowest BCUT2D eigenvalue weighted by Gasteiger charge is -2.24. The molecular formula is C15H13F3N2O. The Morgan fingerprint density at radius 2 is 2.05 bits per heavy atom. The summed E-state index contributed by atoms with van der Waals surface area (Å²) >= 11 is 0. The Balaban J connectivity index is 2.12. The van der Waals surface area contributed by atoms with E-state index in [1.165, 1.54) is 6.07 Å². The van der Waals surface area contributed by atoms with Crippen molar-refractivity contribution >= 4 is 0 Å². The van der Waals surface area contributed by atoms with Crippen LogP contribution in [0.15, 0.2) is 36.5 Å². The lowest BCUT2D eigenvalue weighted by Crippen LogP contribution is -2.22. The molecule has 21 heavy (non-hydrogen) atoms. The maximum Gasteiger partial charge on any atom is 0.416 e. The maximum absolute atomic E-state index is 12.8. The zero-order chi connectivity index (χ0) is 15.0. The Hall–Kier alpha value is -2.08. The van der Waals surface area contributed by atoms with Crippen molar-refractivity contribution in [1.82, 2.24) is 4.98 Å². The van der Waals surface area contributed by atoms with Crippen molar-refractivity contribution in [3.05, 3.63) is 47.8 Å². The quantitative estimate of drug-likeness (QED) is 0.875. The molecule has 1 aromatic heterocycles. The van der Waals surface area contributed by atoms with E-state index in [1.54, 1.807) is 18.3 Å². The number of aromatic nitrogens is 1. The van der Waals surface area contributed by atoms with E-state index in [9.17, 15) is 13.2 Å². The summed E-state index contributed by atoms with van der Waals surface area (Å²) in [4.78, 5) is 4.19. The number of ether oxygens (including phenoxy) is 1. The summed E-state index contributed by atoms with van der Waals surface area (Å²) in [6, 6.07) is 6.55. The van der Waals surface area contributed by atoms with E-state index in [0.29, 0.717) is 35.6 Å². The third-order valence-electron chi connectivity index (χ3n) is 3.46. The van der Waals surface area contributed by atoms with Crippen molar-refractivity contribution in [1.29, 1.82) is 0 Å². The summed E-state index contributed by atoms with van der Waals surface area (Å²) in [7, 11) is 0. The smallest absolute Gasteiger partial charge is 0.416 e. The molecular weight excluding hydrogens is 281 g/mol. The van der Waals surface area contributed by atoms with Crippen LogP contribution in [0.5, 0.6) is 5.75 Å². The fourth-order valence-corrected chi connectivity index (χ4v) is 2.40. The predicted octanol–water partition coefficient (Wildman–Crippen LogP) is 3.55. The number of rotatable bonds is 1. The van der Waals surface area contributed by atoms with Crippen molar-refractivity contribution in [2.45, 2.75) is 18.6 Å². The van der Waals surface area contributed by atoms with Crippen LogP contribution < -0.4 is 10.5 Å². The highest BCUT2D eigenvalue weighted by molar-refractivity contribution is 5.72. The van der Waals surface area contributed by atoms with Gasteiger partial charge in [0.05, 0.1) is 23.9 Å². The largest absolute Gasteiger partial charge is 0.491 e. The summed E-state index contributed by atoms with van der Waals surface area (Å²) < 4.78 is 44.0. The van der Waals surface area contributed by atoms with Gasteiger partial charge in [0.1, 0.15) is 5.75 Å². The molecule has 1 aliphatic heterocycles. The minimum absolute atomic E-state index is 0.250. The molecule has 0 aliphatic carbocycles. The number of halogens is 3. The summed E-state index contributed by atoms with van der Waals surface area (Å²) in [6.45, 7) is 0.436. The molecule has 2 aromatic rings. The lowest BCUT2D eigenvalue weighted by molar-refractivity contribution is -0.137. The molecule has 3 nitrogen and oxygen atoms in total. The van der Waals surface area contributed by atoms with E-state index >= 15 is 0 Å². The summed E-state index contributed by atoms with van der Waals surface area (Å²) in [5, 5.41) is 0. The predicted molar refractivity (Wildman–Crippen MR) is 71.7 cm³/mol. The van der Waals surface area contributed by atoms with Crippen molar-refractivity contribution in [2.75, 3.05) is 6.61 Å². The average molecular weight is 294 g/mol. The molecule has 2 N–H and O–H groups in total. The maximum atomic E-state index is 12.8. The van der Waals surface area contributed by atoms with Crippen molar-refractivity contribution in [2.24, 2.45) is 5.73 Å². The molecule has 0 radical (unpaired) electrons. The Bertz CT molecular complexity index is 670. The zero-order valence-electron chi connectivity index (χ0n) is 11.0. The molecule has 110 valence electrons. The van der Waals surface area contributed by atoms with Gasteiger partial charge in [0.15, 0.2) is 0 Å². The number of alkyl halides is 3. The molecule has 2 heterocycles. The summed E-state index contributed by atoms with van der Waals surface area (Å²) in [5.41, 5.74) is 6.90. The Kier molecular flexibility index (Phi) is 3.33. The number of hydrogen-bond acceptors (Lipinski definition) is 3. The third kappa shape index (κ3) is 2.58. The number of hydrogen-bond donors (Lipinski definition) is 1. The van der Waals surface area contributed by atoms with Gasteiger partial charge in [-0.1, -0.05) is 12.1 Å². The van der Waals surface area contributed by atoms with Crippen LogP contribution in [0.2, 0.25) is 0 Å². The monoisotopic (exact) mass is 294 g/mol. The number of nitrogens with zero attached hydrogens (tertiary/aromatic N) is 1. The molecule has 1 aromatic carbocycles. The Morgan fingerprint density at radius 3 is 2.81 bits per heavy atom. The molecule has 3 rings (SSSR count). The van der Waals surface area contributed by atoms with Crippen LogP contribution in [0.1, 0.15) is 23.7 Å². The molecule has 1 atom stereocenters. The minimum atomic E-state index is -4.37. The van der Waals surface area contributed by atoms with E-state index in [-0.39, 0.29) is 6.04 Å². The van der Waals surface area contributed by atoms with Gasteiger partial charge in [0.25, 0.3) is 0 Å². The second-order valence-electron chi connectivity index (χ2n) is 4.90. The van der Waals surface area contributed by atoms with Crippen molar-refractivity contribution in [3.8, 4) is 16.9 Å². The van der Waals surface area contributed by atoms with Gasteiger partial charge in [-0.25, -0.2) is 0 Å². The van der Waals surface area contributed by atoms with E-state index < -0.39 is 11.7 Å². The normalized spacial score (nSPS) is 18.0. The highest BCUT2D eigenvalue weighted by Crippen LogP contribution is 2.39. The molecule has 0 saturated carbocycles. The minimum Gasteiger partial charge on any atom is -0.491 e. The van der Waals surface area contributed by atoms with Gasteiger partial charge >= 0.3 is 6.18 Å². The summed E-state index contributed by atoms with van der Waals surface area (Å²) in [5.74, 6) is 0.482. The Morgan fingerprint density at radius 1 is 1.24 bits per heavy atom. The van der Waals surface area contributed by atoms with Gasteiger partial charge in [-0.3, -0.25) is 4.98 Å². The van der Waals surface area contributed by atoms with Gasteiger partial charge < -0.3 is 10.5 Å². The molecule has 6 heteroatoms. The van der Waals surface area contributed by atoms with Crippen LogP contribution in [0.4, 0.5) is 13.2 Å². The van der Waals surface area contributed by atoms with E-state index in [1.807, 2.05) is 0 Å².